The highest BCUT2D eigenvalue weighted by Gasteiger charge is 2.12. The number of anilines is 1. The second-order valence-corrected chi connectivity index (χ2v) is 11.0. The van der Waals surface area contributed by atoms with Crippen molar-refractivity contribution in [1.29, 1.82) is 0 Å². The van der Waals surface area contributed by atoms with E-state index in [1.807, 2.05) is 6.92 Å². The number of rotatable bonds is 5. The molecule has 10 heteroatoms. The Hall–Kier alpha value is -2.46. The van der Waals surface area contributed by atoms with E-state index >= 15 is 0 Å². The topological polar surface area (TPSA) is 137 Å². The van der Waals surface area contributed by atoms with Gasteiger partial charge in [-0.1, -0.05) is 18.2 Å². The van der Waals surface area contributed by atoms with E-state index in [0.717, 1.165) is 17.4 Å². The van der Waals surface area contributed by atoms with E-state index < -0.39 is 24.6 Å². The molecule has 2 aromatic carbocycles. The molecule has 0 bridgehead atoms. The molecule has 8 nitrogen and oxygen atoms in total. The van der Waals surface area contributed by atoms with Crippen molar-refractivity contribution in [2.75, 3.05) is 18.2 Å². The van der Waals surface area contributed by atoms with Crippen molar-refractivity contribution in [2.24, 2.45) is 0 Å². The van der Waals surface area contributed by atoms with Crippen molar-refractivity contribution in [3.05, 3.63) is 68.8 Å². The molecule has 154 valence electrons. The average Bonchev–Trinajstić information content (AvgIpc) is 2.48. The lowest BCUT2D eigenvalue weighted by Gasteiger charge is -2.03. The smallest absolute Gasteiger partial charge is 0.272 e. The van der Waals surface area contributed by atoms with Gasteiger partial charge in [0.15, 0.2) is 19.7 Å². The summed E-state index contributed by atoms with van der Waals surface area (Å²) >= 11 is 0. The molecular weight excluding hydrogens is 404 g/mol. The van der Waals surface area contributed by atoms with Crippen LogP contribution in [0.4, 0.5) is 11.4 Å². The predicted octanol–water partition coefficient (Wildman–Crippen LogP) is 2.57. The number of nitrogens with zero attached hydrogens (tertiary/aromatic N) is 1. The lowest BCUT2D eigenvalue weighted by atomic mass is 10.1. The SMILES string of the molecule is Cc1cc(CS(C)(=O)=O)ccc1N.Cc1cc(CS(C)(=O)=O)ccc1[N+](=O)[O-]. The number of hydrogen-bond acceptors (Lipinski definition) is 7. The normalized spacial score (nSPS) is 11.4. The number of nitro groups is 1. The summed E-state index contributed by atoms with van der Waals surface area (Å²) in [6.07, 6.45) is 2.35. The maximum atomic E-state index is 11.0. The third-order valence-electron chi connectivity index (χ3n) is 3.65. The van der Waals surface area contributed by atoms with Crippen LogP contribution in [0.25, 0.3) is 0 Å². The third kappa shape index (κ3) is 8.49. The highest BCUT2D eigenvalue weighted by atomic mass is 32.2. The van der Waals surface area contributed by atoms with E-state index in [1.165, 1.54) is 24.5 Å². The summed E-state index contributed by atoms with van der Waals surface area (Å²) in [5.41, 5.74) is 9.05. The van der Waals surface area contributed by atoms with Crippen molar-refractivity contribution < 1.29 is 21.8 Å². The first-order valence-electron chi connectivity index (χ1n) is 8.12. The lowest BCUT2D eigenvalue weighted by Crippen LogP contribution is -2.01. The molecule has 0 fully saturated rings. The Kier molecular flexibility index (Phi) is 7.71. The van der Waals surface area contributed by atoms with Gasteiger partial charge in [-0.2, -0.15) is 0 Å². The summed E-state index contributed by atoms with van der Waals surface area (Å²) in [6.45, 7) is 3.45. The fourth-order valence-corrected chi connectivity index (χ4v) is 4.02. The zero-order valence-corrected chi connectivity index (χ0v) is 17.8. The minimum Gasteiger partial charge on any atom is -0.399 e. The number of nitrogens with two attached hydrogens (primary N) is 1. The third-order valence-corrected chi connectivity index (χ3v) is 5.37. The summed E-state index contributed by atoms with van der Waals surface area (Å²) in [6, 6.07) is 9.59. The molecule has 0 aromatic heterocycles. The molecule has 0 spiro atoms. The van der Waals surface area contributed by atoms with Crippen LogP contribution in [0.15, 0.2) is 36.4 Å². The largest absolute Gasteiger partial charge is 0.399 e. The highest BCUT2D eigenvalue weighted by Crippen LogP contribution is 2.19. The Morgan fingerprint density at radius 3 is 1.64 bits per heavy atom. The van der Waals surface area contributed by atoms with Crippen LogP contribution in [0.1, 0.15) is 22.3 Å². The molecule has 0 aliphatic heterocycles. The summed E-state index contributed by atoms with van der Waals surface area (Å²) in [7, 11) is -6.04. The monoisotopic (exact) mass is 428 g/mol. The van der Waals surface area contributed by atoms with Crippen LogP contribution in [-0.4, -0.2) is 34.3 Å². The van der Waals surface area contributed by atoms with Gasteiger partial charge in [-0.3, -0.25) is 10.1 Å². The van der Waals surface area contributed by atoms with Crippen LogP contribution >= 0.6 is 0 Å². The van der Waals surface area contributed by atoms with Gasteiger partial charge in [-0.05, 0) is 42.7 Å². The van der Waals surface area contributed by atoms with Crippen LogP contribution < -0.4 is 5.73 Å². The molecule has 2 N–H and O–H groups in total. The predicted molar refractivity (Wildman–Crippen MR) is 111 cm³/mol. The van der Waals surface area contributed by atoms with E-state index in [9.17, 15) is 26.9 Å². The van der Waals surface area contributed by atoms with Crippen molar-refractivity contribution >= 4 is 31.0 Å². The molecule has 0 aliphatic carbocycles. The van der Waals surface area contributed by atoms with Crippen molar-refractivity contribution in [3.8, 4) is 0 Å². The van der Waals surface area contributed by atoms with Gasteiger partial charge in [0.2, 0.25) is 0 Å². The number of benzene rings is 2. The molecule has 0 saturated heterocycles. The molecular formula is C18H24N2O6S2. The summed E-state index contributed by atoms with van der Waals surface area (Å²) < 4.78 is 43.9. The standard InChI is InChI=1S/C9H11NO4S.C9H13NO2S/c1-7-5-8(6-15(2,13)14)3-4-9(7)10(11)12;1-7-5-8(3-4-9(7)10)6-13(2,11)12/h3-5H,6H2,1-2H3;3-5H,6,10H2,1-2H3. The van der Waals surface area contributed by atoms with Crippen LogP contribution in [0.5, 0.6) is 0 Å². The van der Waals surface area contributed by atoms with Crippen LogP contribution in [-0.2, 0) is 31.2 Å². The number of sulfone groups is 2. The average molecular weight is 429 g/mol. The minimum absolute atomic E-state index is 0.00671. The van der Waals surface area contributed by atoms with E-state index in [1.54, 1.807) is 25.1 Å². The molecule has 0 aliphatic rings. The Balaban J connectivity index is 0.000000283. The van der Waals surface area contributed by atoms with Gasteiger partial charge in [0.25, 0.3) is 5.69 Å². The molecule has 0 radical (unpaired) electrons. The Bertz CT molecular complexity index is 1080. The van der Waals surface area contributed by atoms with E-state index in [4.69, 9.17) is 5.73 Å². The first-order valence-corrected chi connectivity index (χ1v) is 12.2. The summed E-state index contributed by atoms with van der Waals surface area (Å²) in [4.78, 5) is 10.0. The van der Waals surface area contributed by atoms with E-state index in [0.29, 0.717) is 16.8 Å². The molecule has 2 aromatic rings. The van der Waals surface area contributed by atoms with Gasteiger partial charge in [-0.15, -0.1) is 0 Å². The Labute approximate surface area is 165 Å². The van der Waals surface area contributed by atoms with Crippen molar-refractivity contribution in [2.45, 2.75) is 25.4 Å². The molecule has 0 unspecified atom stereocenters. The van der Waals surface area contributed by atoms with Crippen molar-refractivity contribution in [1.82, 2.24) is 0 Å². The maximum absolute atomic E-state index is 11.0. The quantitative estimate of drug-likeness (QED) is 0.439. The molecule has 0 saturated carbocycles. The number of aryl methyl sites for hydroxylation is 2. The van der Waals surface area contributed by atoms with Crippen molar-refractivity contribution in [3.63, 3.8) is 0 Å². The van der Waals surface area contributed by atoms with Gasteiger partial charge in [0.1, 0.15) is 0 Å². The van der Waals surface area contributed by atoms with Gasteiger partial charge < -0.3 is 5.73 Å². The van der Waals surface area contributed by atoms with Gasteiger partial charge in [-0.25, -0.2) is 16.8 Å². The molecule has 0 amide bonds. The van der Waals surface area contributed by atoms with E-state index in [2.05, 4.69) is 0 Å². The Morgan fingerprint density at radius 2 is 1.29 bits per heavy atom. The maximum Gasteiger partial charge on any atom is 0.272 e. The lowest BCUT2D eigenvalue weighted by molar-refractivity contribution is -0.385. The van der Waals surface area contributed by atoms with Crippen LogP contribution in [0.2, 0.25) is 0 Å². The van der Waals surface area contributed by atoms with Crippen LogP contribution in [0, 0.1) is 24.0 Å². The van der Waals surface area contributed by atoms with Gasteiger partial charge in [0, 0.05) is 29.8 Å². The highest BCUT2D eigenvalue weighted by molar-refractivity contribution is 7.90. The molecule has 0 heterocycles. The molecule has 28 heavy (non-hydrogen) atoms. The molecule has 2 rings (SSSR count). The van der Waals surface area contributed by atoms with Crippen LogP contribution in [0.3, 0.4) is 0 Å². The fraction of sp³-hybridized carbons (Fsp3) is 0.333. The second kappa shape index (κ2) is 9.16. The first kappa shape index (κ1) is 23.6. The zero-order valence-electron chi connectivity index (χ0n) is 16.2. The number of nitro benzene ring substituents is 1. The first-order chi connectivity index (χ1) is 12.7. The summed E-state index contributed by atoms with van der Waals surface area (Å²) in [5.74, 6) is -0.0139. The Morgan fingerprint density at radius 1 is 0.857 bits per heavy atom. The van der Waals surface area contributed by atoms with E-state index in [-0.39, 0.29) is 17.2 Å². The number of nitrogen functional groups attached to an aromatic ring is 1. The van der Waals surface area contributed by atoms with Gasteiger partial charge in [0.05, 0.1) is 16.4 Å². The number of hydrogen-bond donors (Lipinski definition) is 1. The second-order valence-electron chi connectivity index (χ2n) is 6.71. The molecule has 0 atom stereocenters. The zero-order chi connectivity index (χ0) is 21.7. The summed E-state index contributed by atoms with van der Waals surface area (Å²) in [5, 5.41) is 10.5. The fourth-order valence-electron chi connectivity index (χ4n) is 2.45. The minimum atomic E-state index is -3.10. The van der Waals surface area contributed by atoms with Gasteiger partial charge >= 0.3 is 0 Å².